The van der Waals surface area contributed by atoms with E-state index in [2.05, 4.69) is 10.1 Å². The molecule has 12 heteroatoms. The van der Waals surface area contributed by atoms with E-state index in [1.54, 1.807) is 91.0 Å². The number of ether oxygens (including phenoxy) is 4. The standard InChI is InChI=1S/C29H23N3O8S/c33-26(18-10-4-1-5-11-18)37-17-21-23(39-27(34)19-12-6-2-7-13-19)24(40-28(35)20-14-8-3-9-15-20)25(38-21)32-29(36)31-22(41)16-30-32/h1-16,21,23-25H,17H2,(H,31,36,41)/t21-,23-,24-,25+/m0/s1. The Morgan fingerprint density at radius 2 is 1.27 bits per heavy atom. The van der Waals surface area contributed by atoms with E-state index >= 15 is 0 Å². The molecule has 3 aromatic carbocycles. The second-order valence-corrected chi connectivity index (χ2v) is 9.32. The van der Waals surface area contributed by atoms with Gasteiger partial charge in [-0.05, 0) is 36.4 Å². The molecule has 0 amide bonds. The molecule has 0 aliphatic carbocycles. The van der Waals surface area contributed by atoms with Gasteiger partial charge in [0.1, 0.15) is 17.4 Å². The third-order valence-electron chi connectivity index (χ3n) is 6.16. The molecule has 0 radical (unpaired) electrons. The first-order chi connectivity index (χ1) is 19.9. The van der Waals surface area contributed by atoms with Crippen molar-refractivity contribution < 1.29 is 33.3 Å². The number of carbonyl (C=O) groups is 3. The second kappa shape index (κ2) is 12.5. The van der Waals surface area contributed by atoms with Crippen LogP contribution in [0.1, 0.15) is 37.3 Å². The summed E-state index contributed by atoms with van der Waals surface area (Å²) in [5.74, 6) is -2.15. The fraction of sp³-hybridized carbons (Fsp3) is 0.172. The van der Waals surface area contributed by atoms with Crippen molar-refractivity contribution in [2.45, 2.75) is 24.5 Å². The summed E-state index contributed by atoms with van der Waals surface area (Å²) in [6.45, 7) is -0.395. The molecule has 0 saturated carbocycles. The van der Waals surface area contributed by atoms with Gasteiger partial charge in [0.15, 0.2) is 18.4 Å². The summed E-state index contributed by atoms with van der Waals surface area (Å²) in [6.07, 6.45) is -3.97. The predicted molar refractivity (Wildman–Crippen MR) is 146 cm³/mol. The third-order valence-corrected chi connectivity index (χ3v) is 6.37. The van der Waals surface area contributed by atoms with E-state index in [4.69, 9.17) is 31.2 Å². The zero-order valence-electron chi connectivity index (χ0n) is 21.3. The highest BCUT2D eigenvalue weighted by molar-refractivity contribution is 7.71. The number of nitrogens with one attached hydrogen (secondary N) is 1. The molecule has 1 aromatic heterocycles. The molecule has 4 aromatic rings. The first-order valence-electron chi connectivity index (χ1n) is 12.5. The molecule has 41 heavy (non-hydrogen) atoms. The van der Waals surface area contributed by atoms with E-state index in [1.165, 1.54) is 6.20 Å². The van der Waals surface area contributed by atoms with Gasteiger partial charge in [0.25, 0.3) is 0 Å². The number of carbonyl (C=O) groups excluding carboxylic acids is 3. The summed E-state index contributed by atoms with van der Waals surface area (Å²) in [5.41, 5.74) is -0.0203. The molecule has 1 aliphatic rings. The number of nitrogens with zero attached hydrogens (tertiary/aromatic N) is 2. The maximum Gasteiger partial charge on any atom is 0.345 e. The molecule has 1 aliphatic heterocycles. The average molecular weight is 574 g/mol. The molecule has 11 nitrogen and oxygen atoms in total. The highest BCUT2D eigenvalue weighted by Gasteiger charge is 2.52. The van der Waals surface area contributed by atoms with Crippen molar-refractivity contribution in [1.29, 1.82) is 0 Å². The summed E-state index contributed by atoms with van der Waals surface area (Å²) < 4.78 is 24.1. The van der Waals surface area contributed by atoms with Crippen LogP contribution in [-0.4, -0.2) is 57.6 Å². The lowest BCUT2D eigenvalue weighted by Crippen LogP contribution is -2.43. The number of aromatic nitrogens is 3. The maximum atomic E-state index is 13.1. The molecule has 0 bridgehead atoms. The van der Waals surface area contributed by atoms with Crippen LogP contribution < -0.4 is 5.69 Å². The van der Waals surface area contributed by atoms with Gasteiger partial charge >= 0.3 is 23.6 Å². The molecule has 1 saturated heterocycles. The Bertz CT molecular complexity index is 1640. The van der Waals surface area contributed by atoms with Gasteiger partial charge in [-0.25, -0.2) is 19.2 Å². The maximum absolute atomic E-state index is 13.1. The van der Waals surface area contributed by atoms with E-state index in [9.17, 15) is 19.2 Å². The number of benzene rings is 3. The number of H-pyrrole nitrogens is 1. The summed E-state index contributed by atoms with van der Waals surface area (Å²) in [4.78, 5) is 54.2. The summed E-state index contributed by atoms with van der Waals surface area (Å²) >= 11 is 4.99. The Morgan fingerprint density at radius 1 is 0.780 bits per heavy atom. The quantitative estimate of drug-likeness (QED) is 0.189. The van der Waals surface area contributed by atoms with Crippen LogP contribution in [-0.2, 0) is 18.9 Å². The molecule has 0 spiro atoms. The first kappa shape index (κ1) is 27.6. The molecule has 4 atom stereocenters. The van der Waals surface area contributed by atoms with E-state index < -0.39 is 54.7 Å². The van der Waals surface area contributed by atoms with Gasteiger partial charge in [-0.2, -0.15) is 9.78 Å². The normalized spacial score (nSPS) is 19.7. The first-order valence-corrected chi connectivity index (χ1v) is 12.9. The number of hydrogen-bond donors (Lipinski definition) is 1. The highest BCUT2D eigenvalue weighted by Crippen LogP contribution is 2.34. The number of aromatic amines is 1. The Morgan fingerprint density at radius 3 is 1.78 bits per heavy atom. The van der Waals surface area contributed by atoms with Gasteiger partial charge in [-0.3, -0.25) is 4.98 Å². The monoisotopic (exact) mass is 573 g/mol. The molecule has 2 heterocycles. The molecule has 208 valence electrons. The predicted octanol–water partition coefficient (Wildman–Crippen LogP) is 3.51. The van der Waals surface area contributed by atoms with E-state index in [-0.39, 0.29) is 15.8 Å². The molecule has 0 unspecified atom stereocenters. The highest BCUT2D eigenvalue weighted by atomic mass is 32.1. The van der Waals surface area contributed by atoms with Gasteiger partial charge in [0, 0.05) is 0 Å². The fourth-order valence-electron chi connectivity index (χ4n) is 4.20. The smallest absolute Gasteiger partial charge is 0.345 e. The van der Waals surface area contributed by atoms with Crippen LogP contribution in [0.15, 0.2) is 102 Å². The molecule has 5 rings (SSSR count). The third kappa shape index (κ3) is 6.45. The van der Waals surface area contributed by atoms with Crippen LogP contribution in [0, 0.1) is 4.64 Å². The van der Waals surface area contributed by atoms with Crippen molar-refractivity contribution in [3.05, 3.63) is 129 Å². The number of hydrogen-bond acceptors (Lipinski definition) is 10. The van der Waals surface area contributed by atoms with Crippen LogP contribution in [0.4, 0.5) is 0 Å². The Hall–Kier alpha value is -4.94. The zero-order valence-corrected chi connectivity index (χ0v) is 22.1. The van der Waals surface area contributed by atoms with Gasteiger partial charge in [-0.1, -0.05) is 66.8 Å². The minimum absolute atomic E-state index is 0.0717. The van der Waals surface area contributed by atoms with Gasteiger partial charge < -0.3 is 18.9 Å². The van der Waals surface area contributed by atoms with Crippen molar-refractivity contribution in [3.8, 4) is 0 Å². The Labute approximate surface area is 238 Å². The van der Waals surface area contributed by atoms with Crippen molar-refractivity contribution in [1.82, 2.24) is 14.8 Å². The van der Waals surface area contributed by atoms with Crippen LogP contribution in [0.3, 0.4) is 0 Å². The van der Waals surface area contributed by atoms with Crippen LogP contribution in [0.2, 0.25) is 0 Å². The Balaban J connectivity index is 1.50. The molecule has 1 fully saturated rings. The largest absolute Gasteiger partial charge is 0.459 e. The van der Waals surface area contributed by atoms with Gasteiger partial charge in [-0.15, -0.1) is 0 Å². The Kier molecular flexibility index (Phi) is 8.42. The minimum atomic E-state index is -1.37. The fourth-order valence-corrected chi connectivity index (χ4v) is 4.33. The van der Waals surface area contributed by atoms with Crippen molar-refractivity contribution >= 4 is 30.1 Å². The summed E-state index contributed by atoms with van der Waals surface area (Å²) in [7, 11) is 0. The zero-order chi connectivity index (χ0) is 28.8. The molecule has 1 N–H and O–H groups in total. The summed E-state index contributed by atoms with van der Waals surface area (Å²) in [5, 5.41) is 4.04. The SMILES string of the molecule is O=C(OC[C@@H]1O[C@@H](n2ncc(=S)[nH]c2=O)[C@@H](OC(=O)c2ccccc2)[C@H]1OC(=O)c1ccccc1)c1ccccc1. The molecular weight excluding hydrogens is 550 g/mol. The van der Waals surface area contributed by atoms with E-state index in [1.807, 2.05) is 0 Å². The molecular formula is C29H23N3O8S. The lowest BCUT2D eigenvalue weighted by Gasteiger charge is -2.24. The van der Waals surface area contributed by atoms with Crippen molar-refractivity contribution in [2.75, 3.05) is 6.61 Å². The van der Waals surface area contributed by atoms with Crippen molar-refractivity contribution in [3.63, 3.8) is 0 Å². The average Bonchev–Trinajstić information content (AvgIpc) is 3.33. The second-order valence-electron chi connectivity index (χ2n) is 8.89. The number of rotatable bonds is 8. The topological polar surface area (TPSA) is 139 Å². The summed E-state index contributed by atoms with van der Waals surface area (Å²) in [6, 6.07) is 24.5. The minimum Gasteiger partial charge on any atom is -0.459 e. The van der Waals surface area contributed by atoms with Crippen LogP contribution >= 0.6 is 12.2 Å². The van der Waals surface area contributed by atoms with Crippen LogP contribution in [0.5, 0.6) is 0 Å². The lowest BCUT2D eigenvalue weighted by molar-refractivity contribution is -0.0699. The van der Waals surface area contributed by atoms with E-state index in [0.29, 0.717) is 5.56 Å². The van der Waals surface area contributed by atoms with Crippen molar-refractivity contribution in [2.24, 2.45) is 0 Å². The van der Waals surface area contributed by atoms with E-state index in [0.717, 1.165) is 4.68 Å². The van der Waals surface area contributed by atoms with Crippen LogP contribution in [0.25, 0.3) is 0 Å². The lowest BCUT2D eigenvalue weighted by atomic mass is 10.1. The van der Waals surface area contributed by atoms with Gasteiger partial charge in [0.2, 0.25) is 0 Å². The number of esters is 3. The van der Waals surface area contributed by atoms with Gasteiger partial charge in [0.05, 0.1) is 22.9 Å².